The van der Waals surface area contributed by atoms with Crippen molar-refractivity contribution < 1.29 is 8.42 Å². The maximum atomic E-state index is 12.5. The number of hydrogen-bond acceptors (Lipinski definition) is 3. The molecule has 2 N–H and O–H groups in total. The summed E-state index contributed by atoms with van der Waals surface area (Å²) in [6.07, 6.45) is 6.49. The lowest BCUT2D eigenvalue weighted by molar-refractivity contribution is 0.139. The van der Waals surface area contributed by atoms with Crippen molar-refractivity contribution in [2.45, 2.75) is 64.5 Å². The Balaban J connectivity index is 1.67. The van der Waals surface area contributed by atoms with Crippen molar-refractivity contribution in [2.75, 3.05) is 19.6 Å². The van der Waals surface area contributed by atoms with Crippen molar-refractivity contribution in [3.63, 3.8) is 0 Å². The number of rotatable bonds is 7. The van der Waals surface area contributed by atoms with E-state index in [0.717, 1.165) is 44.7 Å². The molecule has 1 atom stereocenters. The summed E-state index contributed by atoms with van der Waals surface area (Å²) in [4.78, 5) is 2.43. The summed E-state index contributed by atoms with van der Waals surface area (Å²) in [5.74, 6) is 0.755. The van der Waals surface area contributed by atoms with Gasteiger partial charge >= 0.3 is 0 Å². The molecule has 1 saturated carbocycles. The third-order valence-electron chi connectivity index (χ3n) is 5.86. The van der Waals surface area contributed by atoms with Gasteiger partial charge in [0.25, 0.3) is 10.2 Å². The van der Waals surface area contributed by atoms with Gasteiger partial charge in [-0.1, -0.05) is 49.6 Å². The third kappa shape index (κ3) is 5.52. The van der Waals surface area contributed by atoms with Gasteiger partial charge in [0.1, 0.15) is 0 Å². The van der Waals surface area contributed by atoms with Gasteiger partial charge in [0, 0.05) is 18.6 Å². The molecule has 1 heterocycles. The van der Waals surface area contributed by atoms with Crippen LogP contribution in [0.25, 0.3) is 0 Å². The van der Waals surface area contributed by atoms with E-state index < -0.39 is 10.2 Å². The predicted molar refractivity (Wildman–Crippen MR) is 106 cm³/mol. The van der Waals surface area contributed by atoms with Gasteiger partial charge in [0.15, 0.2) is 0 Å². The van der Waals surface area contributed by atoms with E-state index in [-0.39, 0.29) is 12.1 Å². The number of nitrogens with one attached hydrogen (secondary N) is 2. The van der Waals surface area contributed by atoms with Crippen LogP contribution in [0, 0.1) is 12.8 Å². The number of likely N-dealkylation sites (tertiary alicyclic amines) is 1. The van der Waals surface area contributed by atoms with E-state index in [9.17, 15) is 8.42 Å². The van der Waals surface area contributed by atoms with E-state index in [1.54, 1.807) is 0 Å². The number of benzene rings is 1. The number of hydrogen-bond donors (Lipinski definition) is 2. The Bertz CT molecular complexity index is 661. The molecule has 0 amide bonds. The molecule has 1 aliphatic carbocycles. The van der Waals surface area contributed by atoms with Crippen molar-refractivity contribution >= 4 is 10.2 Å². The fourth-order valence-corrected chi connectivity index (χ4v) is 5.22. The molecule has 1 unspecified atom stereocenters. The predicted octanol–water partition coefficient (Wildman–Crippen LogP) is 3.13. The molecule has 2 fully saturated rings. The Morgan fingerprint density at radius 2 is 1.69 bits per heavy atom. The summed E-state index contributed by atoms with van der Waals surface area (Å²) in [6, 6.07) is 8.68. The SMILES string of the molecule is Cc1ccc(C(CNS(=O)(=O)NC2CCCC2)N2CCC(C)CC2)cc1. The second-order valence-electron chi connectivity index (χ2n) is 8.10. The highest BCUT2D eigenvalue weighted by molar-refractivity contribution is 7.87. The van der Waals surface area contributed by atoms with Crippen molar-refractivity contribution in [3.05, 3.63) is 35.4 Å². The van der Waals surface area contributed by atoms with Crippen LogP contribution in [0.1, 0.15) is 62.6 Å². The summed E-state index contributed by atoms with van der Waals surface area (Å²) < 4.78 is 30.6. The maximum Gasteiger partial charge on any atom is 0.277 e. The van der Waals surface area contributed by atoms with Crippen LogP contribution < -0.4 is 9.44 Å². The lowest BCUT2D eigenvalue weighted by atomic mass is 9.95. The minimum atomic E-state index is -3.45. The molecule has 146 valence electrons. The first-order valence-corrected chi connectivity index (χ1v) is 11.5. The second kappa shape index (κ2) is 8.83. The van der Waals surface area contributed by atoms with Gasteiger partial charge in [0.05, 0.1) is 0 Å². The quantitative estimate of drug-likeness (QED) is 0.765. The lowest BCUT2D eigenvalue weighted by Crippen LogP contribution is -2.46. The smallest absolute Gasteiger partial charge is 0.277 e. The van der Waals surface area contributed by atoms with Crippen LogP contribution in [0.5, 0.6) is 0 Å². The van der Waals surface area contributed by atoms with E-state index in [4.69, 9.17) is 0 Å². The van der Waals surface area contributed by atoms with E-state index in [1.807, 2.05) is 0 Å². The van der Waals surface area contributed by atoms with Crippen LogP contribution in [-0.2, 0) is 10.2 Å². The van der Waals surface area contributed by atoms with Crippen LogP contribution in [0.4, 0.5) is 0 Å². The van der Waals surface area contributed by atoms with Gasteiger partial charge in [-0.05, 0) is 57.2 Å². The molecule has 1 aromatic rings. The molecule has 1 aliphatic heterocycles. The van der Waals surface area contributed by atoms with Gasteiger partial charge in [-0.25, -0.2) is 4.72 Å². The van der Waals surface area contributed by atoms with Crippen molar-refractivity contribution in [2.24, 2.45) is 5.92 Å². The van der Waals surface area contributed by atoms with E-state index in [0.29, 0.717) is 6.54 Å². The first-order chi connectivity index (χ1) is 12.4. The Labute approximate surface area is 158 Å². The van der Waals surface area contributed by atoms with Gasteiger partial charge in [-0.15, -0.1) is 0 Å². The Kier molecular flexibility index (Phi) is 6.72. The van der Waals surface area contributed by atoms with Gasteiger partial charge in [0.2, 0.25) is 0 Å². The number of piperidine rings is 1. The average molecular weight is 380 g/mol. The summed E-state index contributed by atoms with van der Waals surface area (Å²) in [5, 5.41) is 0. The third-order valence-corrected chi connectivity index (χ3v) is 7.06. The van der Waals surface area contributed by atoms with Gasteiger partial charge < -0.3 is 0 Å². The van der Waals surface area contributed by atoms with Crippen LogP contribution in [0.3, 0.4) is 0 Å². The molecule has 6 heteroatoms. The summed E-state index contributed by atoms with van der Waals surface area (Å²) in [7, 11) is -3.45. The maximum absolute atomic E-state index is 12.5. The molecular weight excluding hydrogens is 346 g/mol. The average Bonchev–Trinajstić information content (AvgIpc) is 3.10. The molecule has 1 saturated heterocycles. The Morgan fingerprint density at radius 1 is 1.08 bits per heavy atom. The highest BCUT2D eigenvalue weighted by Gasteiger charge is 2.27. The minimum absolute atomic E-state index is 0.0863. The highest BCUT2D eigenvalue weighted by Crippen LogP contribution is 2.27. The monoisotopic (exact) mass is 379 g/mol. The van der Waals surface area contributed by atoms with Crippen molar-refractivity contribution in [3.8, 4) is 0 Å². The van der Waals surface area contributed by atoms with Gasteiger partial charge in [-0.3, -0.25) is 4.90 Å². The van der Waals surface area contributed by atoms with E-state index in [2.05, 4.69) is 52.5 Å². The first kappa shape index (κ1) is 19.8. The van der Waals surface area contributed by atoms with E-state index in [1.165, 1.54) is 24.0 Å². The topological polar surface area (TPSA) is 61.4 Å². The molecule has 0 aromatic heterocycles. The molecule has 2 aliphatic rings. The molecule has 0 bridgehead atoms. The second-order valence-corrected chi connectivity index (χ2v) is 9.63. The zero-order chi connectivity index (χ0) is 18.6. The van der Waals surface area contributed by atoms with Crippen LogP contribution in [0.15, 0.2) is 24.3 Å². The standard InChI is InChI=1S/C20H33N3O2S/c1-16-7-9-18(10-8-16)20(23-13-11-17(2)12-14-23)15-21-26(24,25)22-19-5-3-4-6-19/h7-10,17,19-22H,3-6,11-15H2,1-2H3. The first-order valence-electron chi connectivity index (χ1n) is 10.0. The molecule has 0 spiro atoms. The number of nitrogens with zero attached hydrogens (tertiary/aromatic N) is 1. The molecule has 5 nitrogen and oxygen atoms in total. The molecule has 0 radical (unpaired) electrons. The molecular formula is C20H33N3O2S. The Hall–Kier alpha value is -0.950. The Morgan fingerprint density at radius 3 is 2.31 bits per heavy atom. The number of aryl methyl sites for hydroxylation is 1. The van der Waals surface area contributed by atoms with Crippen LogP contribution >= 0.6 is 0 Å². The minimum Gasteiger partial charge on any atom is -0.295 e. The molecule has 1 aromatic carbocycles. The van der Waals surface area contributed by atoms with Crippen LogP contribution in [-0.4, -0.2) is 39.0 Å². The fraction of sp³-hybridized carbons (Fsp3) is 0.700. The zero-order valence-corrected chi connectivity index (χ0v) is 16.9. The van der Waals surface area contributed by atoms with Crippen molar-refractivity contribution in [1.29, 1.82) is 0 Å². The summed E-state index contributed by atoms with van der Waals surface area (Å²) in [5.41, 5.74) is 2.41. The molecule has 26 heavy (non-hydrogen) atoms. The van der Waals surface area contributed by atoms with Crippen LogP contribution in [0.2, 0.25) is 0 Å². The highest BCUT2D eigenvalue weighted by atomic mass is 32.2. The summed E-state index contributed by atoms with van der Waals surface area (Å²) in [6.45, 7) is 6.84. The summed E-state index contributed by atoms with van der Waals surface area (Å²) >= 11 is 0. The zero-order valence-electron chi connectivity index (χ0n) is 16.1. The van der Waals surface area contributed by atoms with Crippen molar-refractivity contribution in [1.82, 2.24) is 14.3 Å². The normalized spacial score (nSPS) is 21.9. The molecule has 3 rings (SSSR count). The largest absolute Gasteiger partial charge is 0.295 e. The lowest BCUT2D eigenvalue weighted by Gasteiger charge is -2.37. The fourth-order valence-electron chi connectivity index (χ4n) is 4.08. The van der Waals surface area contributed by atoms with Gasteiger partial charge in [-0.2, -0.15) is 13.1 Å². The van der Waals surface area contributed by atoms with E-state index >= 15 is 0 Å².